The van der Waals surface area contributed by atoms with Crippen molar-refractivity contribution in [1.82, 2.24) is 19.7 Å². The second-order valence-corrected chi connectivity index (χ2v) is 4.61. The molecule has 0 aliphatic carbocycles. The second-order valence-electron chi connectivity index (χ2n) is 3.44. The van der Waals surface area contributed by atoms with E-state index < -0.39 is 0 Å². The van der Waals surface area contributed by atoms with Crippen molar-refractivity contribution in [2.24, 2.45) is 7.05 Å². The lowest BCUT2D eigenvalue weighted by molar-refractivity contribution is 0.746. The summed E-state index contributed by atoms with van der Waals surface area (Å²) < 4.78 is 2.63. The van der Waals surface area contributed by atoms with E-state index in [-0.39, 0.29) is 0 Å². The molecule has 0 saturated carbocycles. The third-order valence-electron chi connectivity index (χ3n) is 2.25. The van der Waals surface area contributed by atoms with Gasteiger partial charge in [0.2, 0.25) is 0 Å². The van der Waals surface area contributed by atoms with Gasteiger partial charge in [0.25, 0.3) is 0 Å². The van der Waals surface area contributed by atoms with Crippen LogP contribution in [0.5, 0.6) is 0 Å². The van der Waals surface area contributed by atoms with Crippen LogP contribution in [-0.2, 0) is 13.5 Å². The molecule has 0 atom stereocenters. The van der Waals surface area contributed by atoms with Crippen LogP contribution in [-0.4, -0.2) is 19.7 Å². The van der Waals surface area contributed by atoms with Crippen molar-refractivity contribution in [2.45, 2.75) is 13.3 Å². The molecule has 2 rings (SSSR count). The average molecular weight is 329 g/mol. The monoisotopic (exact) mass is 329 g/mol. The van der Waals surface area contributed by atoms with Crippen LogP contribution in [0.2, 0.25) is 0 Å². The fourth-order valence-corrected chi connectivity index (χ4v) is 1.75. The molecule has 6 heteroatoms. The Morgan fingerprint density at radius 2 is 2.25 bits per heavy atom. The van der Waals surface area contributed by atoms with Crippen LogP contribution < -0.4 is 5.73 Å². The van der Waals surface area contributed by atoms with Crippen LogP contribution in [0.3, 0.4) is 0 Å². The molecule has 0 fully saturated rings. The van der Waals surface area contributed by atoms with Gasteiger partial charge in [-0.2, -0.15) is 5.10 Å². The molecule has 0 spiro atoms. The van der Waals surface area contributed by atoms with Crippen molar-refractivity contribution in [3.05, 3.63) is 21.7 Å². The highest BCUT2D eigenvalue weighted by Gasteiger charge is 2.12. The van der Waals surface area contributed by atoms with Gasteiger partial charge in [0.05, 0.1) is 14.8 Å². The number of aromatic nitrogens is 4. The molecule has 84 valence electrons. The Morgan fingerprint density at radius 1 is 1.50 bits per heavy atom. The smallest absolute Gasteiger partial charge is 0.165 e. The van der Waals surface area contributed by atoms with E-state index in [1.54, 1.807) is 10.9 Å². The first-order chi connectivity index (χ1) is 7.61. The van der Waals surface area contributed by atoms with Gasteiger partial charge in [-0.25, -0.2) is 9.97 Å². The summed E-state index contributed by atoms with van der Waals surface area (Å²) in [6, 6.07) is 0. The van der Waals surface area contributed by atoms with Crippen LogP contribution in [0.25, 0.3) is 11.4 Å². The van der Waals surface area contributed by atoms with Crippen LogP contribution in [0, 0.1) is 3.57 Å². The number of anilines is 1. The fraction of sp³-hybridized carbons (Fsp3) is 0.300. The summed E-state index contributed by atoms with van der Waals surface area (Å²) in [6.07, 6.45) is 4.50. The first kappa shape index (κ1) is 11.3. The molecule has 5 nitrogen and oxygen atoms in total. The normalized spacial score (nSPS) is 10.7. The van der Waals surface area contributed by atoms with Crippen LogP contribution in [0.1, 0.15) is 12.6 Å². The van der Waals surface area contributed by atoms with Crippen molar-refractivity contribution < 1.29 is 0 Å². The molecule has 0 bridgehead atoms. The number of nitrogens with zero attached hydrogens (tertiary/aromatic N) is 4. The summed E-state index contributed by atoms with van der Waals surface area (Å²) in [6.45, 7) is 2.06. The molecule has 2 N–H and O–H groups in total. The van der Waals surface area contributed by atoms with Crippen molar-refractivity contribution in [3.8, 4) is 11.4 Å². The van der Waals surface area contributed by atoms with Gasteiger partial charge in [0.1, 0.15) is 5.82 Å². The largest absolute Gasteiger partial charge is 0.383 e. The quantitative estimate of drug-likeness (QED) is 0.850. The van der Waals surface area contributed by atoms with Gasteiger partial charge in [-0.1, -0.05) is 6.92 Å². The number of halogens is 1. The van der Waals surface area contributed by atoms with Gasteiger partial charge in [-0.05, 0) is 29.0 Å². The van der Waals surface area contributed by atoms with Crippen molar-refractivity contribution in [3.63, 3.8) is 0 Å². The standard InChI is InChI=1S/C10H12IN5/c1-3-8-6(5-16(2)15-8)10-13-4-7(11)9(12)14-10/h4-5H,3H2,1-2H3,(H2,12,13,14). The minimum Gasteiger partial charge on any atom is -0.383 e. The molecular formula is C10H12IN5. The molecule has 0 unspecified atom stereocenters. The minimum atomic E-state index is 0.511. The second kappa shape index (κ2) is 4.36. The SMILES string of the molecule is CCc1nn(C)cc1-c1ncc(I)c(N)n1. The van der Waals surface area contributed by atoms with Gasteiger partial charge >= 0.3 is 0 Å². The Balaban J connectivity index is 2.53. The number of nitrogen functional groups attached to an aromatic ring is 1. The zero-order valence-corrected chi connectivity index (χ0v) is 11.3. The molecule has 0 saturated heterocycles. The number of rotatable bonds is 2. The Morgan fingerprint density at radius 3 is 2.88 bits per heavy atom. The van der Waals surface area contributed by atoms with E-state index in [9.17, 15) is 0 Å². The zero-order chi connectivity index (χ0) is 11.7. The van der Waals surface area contributed by atoms with Gasteiger partial charge in [-0.15, -0.1) is 0 Å². The predicted molar refractivity (Wildman–Crippen MR) is 70.7 cm³/mol. The van der Waals surface area contributed by atoms with Crippen molar-refractivity contribution in [1.29, 1.82) is 0 Å². The Kier molecular flexibility index (Phi) is 3.08. The molecular weight excluding hydrogens is 317 g/mol. The molecule has 2 heterocycles. The van der Waals surface area contributed by atoms with Gasteiger partial charge in [-0.3, -0.25) is 4.68 Å². The van der Waals surface area contributed by atoms with Gasteiger partial charge < -0.3 is 5.73 Å². The molecule has 0 aliphatic rings. The average Bonchev–Trinajstić information content (AvgIpc) is 2.63. The lowest BCUT2D eigenvalue weighted by Gasteiger charge is -2.01. The van der Waals surface area contributed by atoms with Crippen LogP contribution >= 0.6 is 22.6 Å². The topological polar surface area (TPSA) is 69.6 Å². The summed E-state index contributed by atoms with van der Waals surface area (Å²) in [5.41, 5.74) is 7.71. The first-order valence-corrected chi connectivity index (χ1v) is 6.00. The van der Waals surface area contributed by atoms with E-state index in [2.05, 4.69) is 44.6 Å². The summed E-state index contributed by atoms with van der Waals surface area (Å²) in [4.78, 5) is 8.55. The van der Waals surface area contributed by atoms with E-state index in [1.807, 2.05) is 13.2 Å². The van der Waals surface area contributed by atoms with E-state index in [0.717, 1.165) is 21.2 Å². The maximum atomic E-state index is 5.77. The molecule has 0 amide bonds. The predicted octanol–water partition coefficient (Wildman–Crippen LogP) is 1.63. The maximum Gasteiger partial charge on any atom is 0.165 e. The van der Waals surface area contributed by atoms with Crippen molar-refractivity contribution in [2.75, 3.05) is 5.73 Å². The Hall–Kier alpha value is -1.18. The van der Waals surface area contributed by atoms with Gasteiger partial charge in [0, 0.05) is 19.4 Å². The molecule has 0 radical (unpaired) electrons. The zero-order valence-electron chi connectivity index (χ0n) is 9.11. The highest BCUT2D eigenvalue weighted by Crippen LogP contribution is 2.21. The molecule has 0 aliphatic heterocycles. The maximum absolute atomic E-state index is 5.77. The first-order valence-electron chi connectivity index (χ1n) is 4.92. The molecule has 2 aromatic heterocycles. The van der Waals surface area contributed by atoms with E-state index in [0.29, 0.717) is 11.6 Å². The lowest BCUT2D eigenvalue weighted by Crippen LogP contribution is -1.99. The summed E-state index contributed by atoms with van der Waals surface area (Å²) in [5, 5.41) is 4.35. The van der Waals surface area contributed by atoms with E-state index in [1.165, 1.54) is 0 Å². The number of hydrogen-bond acceptors (Lipinski definition) is 4. The highest BCUT2D eigenvalue weighted by molar-refractivity contribution is 14.1. The highest BCUT2D eigenvalue weighted by atomic mass is 127. The third kappa shape index (κ3) is 2.01. The summed E-state index contributed by atoms with van der Waals surface area (Å²) in [7, 11) is 1.89. The Labute approximate surface area is 107 Å². The number of hydrogen-bond donors (Lipinski definition) is 1. The van der Waals surface area contributed by atoms with E-state index >= 15 is 0 Å². The number of nitrogens with two attached hydrogens (primary N) is 1. The van der Waals surface area contributed by atoms with Crippen LogP contribution in [0.15, 0.2) is 12.4 Å². The fourth-order valence-electron chi connectivity index (χ4n) is 1.49. The van der Waals surface area contributed by atoms with Crippen molar-refractivity contribution >= 4 is 28.4 Å². The summed E-state index contributed by atoms with van der Waals surface area (Å²) >= 11 is 2.11. The minimum absolute atomic E-state index is 0.511. The summed E-state index contributed by atoms with van der Waals surface area (Å²) in [5.74, 6) is 1.15. The Bertz CT molecular complexity index is 520. The lowest BCUT2D eigenvalue weighted by atomic mass is 10.2. The van der Waals surface area contributed by atoms with E-state index in [4.69, 9.17) is 5.73 Å². The molecule has 16 heavy (non-hydrogen) atoms. The third-order valence-corrected chi connectivity index (χ3v) is 3.08. The number of aryl methyl sites for hydroxylation is 2. The van der Waals surface area contributed by atoms with Gasteiger partial charge in [0.15, 0.2) is 5.82 Å². The van der Waals surface area contributed by atoms with Crippen LogP contribution in [0.4, 0.5) is 5.82 Å². The molecule has 2 aromatic rings. The molecule has 0 aromatic carbocycles.